The van der Waals surface area contributed by atoms with Crippen LogP contribution in [0.5, 0.6) is 0 Å². The minimum Gasteiger partial charge on any atom is -0.443 e. The molecule has 0 saturated carbocycles. The standard InChI is InChI=1S/C23H32N2O4/c1-16(2)19-18(17-12-8-7-9-13-17)24-23(6,14-10-11-15-26)20(27)25(19)21(28)29-22(3,4)5/h7-13,16,19,26H,14-15H2,1-6H3/b11-10+/t19-,23+/m1/s1. The summed E-state index contributed by atoms with van der Waals surface area (Å²) in [5.41, 5.74) is -0.345. The summed E-state index contributed by atoms with van der Waals surface area (Å²) in [5, 5.41) is 9.07. The summed E-state index contributed by atoms with van der Waals surface area (Å²) in [6.45, 7) is 10.8. The molecule has 6 nitrogen and oxygen atoms in total. The second-order valence-electron chi connectivity index (χ2n) is 8.84. The number of carbonyl (C=O) groups excluding carboxylic acids is 2. The Morgan fingerprint density at radius 1 is 1.28 bits per heavy atom. The van der Waals surface area contributed by atoms with Crippen LogP contribution in [-0.4, -0.2) is 51.5 Å². The van der Waals surface area contributed by atoms with Crippen LogP contribution in [0.4, 0.5) is 4.79 Å². The van der Waals surface area contributed by atoms with Crippen LogP contribution < -0.4 is 0 Å². The molecule has 158 valence electrons. The molecule has 2 amide bonds. The third kappa shape index (κ3) is 5.32. The van der Waals surface area contributed by atoms with Crippen LogP contribution in [0.25, 0.3) is 0 Å². The van der Waals surface area contributed by atoms with Gasteiger partial charge >= 0.3 is 6.09 Å². The molecular weight excluding hydrogens is 368 g/mol. The molecule has 0 fully saturated rings. The van der Waals surface area contributed by atoms with Crippen molar-refractivity contribution in [3.05, 3.63) is 48.0 Å². The Bertz CT molecular complexity index is 793. The molecule has 0 aromatic heterocycles. The van der Waals surface area contributed by atoms with E-state index >= 15 is 0 Å². The summed E-state index contributed by atoms with van der Waals surface area (Å²) in [4.78, 5) is 32.7. The van der Waals surface area contributed by atoms with E-state index in [9.17, 15) is 9.59 Å². The minimum atomic E-state index is -1.17. The molecular formula is C23H32N2O4. The Hall–Kier alpha value is -2.47. The fourth-order valence-corrected chi connectivity index (χ4v) is 3.37. The maximum Gasteiger partial charge on any atom is 0.417 e. The highest BCUT2D eigenvalue weighted by Gasteiger charge is 2.49. The summed E-state index contributed by atoms with van der Waals surface area (Å²) in [7, 11) is 0. The van der Waals surface area contributed by atoms with Gasteiger partial charge in [-0.3, -0.25) is 9.79 Å². The van der Waals surface area contributed by atoms with Crippen LogP contribution in [-0.2, 0) is 9.53 Å². The Labute approximate surface area is 173 Å². The first-order valence-electron chi connectivity index (χ1n) is 9.98. The second kappa shape index (κ2) is 8.91. The van der Waals surface area contributed by atoms with E-state index in [-0.39, 0.29) is 18.9 Å². The average molecular weight is 401 g/mol. The highest BCUT2D eigenvalue weighted by atomic mass is 16.6. The number of rotatable bonds is 5. The summed E-state index contributed by atoms with van der Waals surface area (Å²) in [6.07, 6.45) is 2.89. The first-order chi connectivity index (χ1) is 13.5. The van der Waals surface area contributed by atoms with Crippen LogP contribution in [0.2, 0.25) is 0 Å². The molecule has 1 N–H and O–H groups in total. The van der Waals surface area contributed by atoms with Gasteiger partial charge in [-0.2, -0.15) is 0 Å². The van der Waals surface area contributed by atoms with Gasteiger partial charge in [0.05, 0.1) is 18.4 Å². The molecule has 1 aromatic rings. The van der Waals surface area contributed by atoms with Crippen LogP contribution in [0, 0.1) is 5.92 Å². The smallest absolute Gasteiger partial charge is 0.417 e. The Kier molecular flexibility index (Phi) is 7.01. The Balaban J connectivity index is 2.63. The quantitative estimate of drug-likeness (QED) is 0.759. The molecule has 1 aliphatic heterocycles. The van der Waals surface area contributed by atoms with Crippen LogP contribution in [0.3, 0.4) is 0 Å². The zero-order chi connectivity index (χ0) is 21.8. The van der Waals surface area contributed by atoms with Gasteiger partial charge in [-0.1, -0.05) is 56.3 Å². The zero-order valence-electron chi connectivity index (χ0n) is 18.2. The molecule has 0 aliphatic carbocycles. The van der Waals surface area contributed by atoms with Gasteiger partial charge in [0.1, 0.15) is 11.1 Å². The Morgan fingerprint density at radius 2 is 1.90 bits per heavy atom. The van der Waals surface area contributed by atoms with Crippen molar-refractivity contribution < 1.29 is 19.4 Å². The van der Waals surface area contributed by atoms with E-state index in [2.05, 4.69) is 0 Å². The van der Waals surface area contributed by atoms with Crippen molar-refractivity contribution in [1.29, 1.82) is 0 Å². The van der Waals surface area contributed by atoms with Crippen LogP contribution in [0.15, 0.2) is 47.5 Å². The zero-order valence-corrected chi connectivity index (χ0v) is 18.2. The SMILES string of the molecule is CC(C)[C@@H]1C(c2ccccc2)=N[C@@](C)(C/C=C/CO)C(=O)N1C(=O)OC(C)(C)C. The van der Waals surface area contributed by atoms with Crippen molar-refractivity contribution in [1.82, 2.24) is 4.90 Å². The summed E-state index contributed by atoms with van der Waals surface area (Å²) in [5.74, 6) is -0.448. The number of aliphatic hydroxyl groups is 1. The van der Waals surface area contributed by atoms with Gasteiger partial charge in [0, 0.05) is 0 Å². The largest absolute Gasteiger partial charge is 0.443 e. The molecule has 29 heavy (non-hydrogen) atoms. The number of carbonyl (C=O) groups is 2. The lowest BCUT2D eigenvalue weighted by Gasteiger charge is -2.43. The Morgan fingerprint density at radius 3 is 2.41 bits per heavy atom. The third-order valence-corrected chi connectivity index (χ3v) is 4.68. The van der Waals surface area contributed by atoms with E-state index in [4.69, 9.17) is 14.8 Å². The molecule has 1 aromatic carbocycles. The number of aliphatic imine (C=N–C) groups is 1. The van der Waals surface area contributed by atoms with Gasteiger partial charge in [-0.15, -0.1) is 0 Å². The molecule has 2 atom stereocenters. The minimum absolute atomic E-state index is 0.0528. The molecule has 1 aliphatic rings. The first-order valence-corrected chi connectivity index (χ1v) is 9.98. The van der Waals surface area contributed by atoms with Crippen molar-refractivity contribution in [2.24, 2.45) is 10.9 Å². The molecule has 0 unspecified atom stereocenters. The lowest BCUT2D eigenvalue weighted by atomic mass is 9.85. The second-order valence-corrected chi connectivity index (χ2v) is 8.84. The van der Waals surface area contributed by atoms with Gasteiger partial charge < -0.3 is 9.84 Å². The number of amides is 2. The maximum atomic E-state index is 13.5. The predicted octanol–water partition coefficient (Wildman–Crippen LogP) is 3.97. The fraction of sp³-hybridized carbons (Fsp3) is 0.522. The van der Waals surface area contributed by atoms with Gasteiger partial charge in [0.25, 0.3) is 5.91 Å². The number of aliphatic hydroxyl groups excluding tert-OH is 1. The molecule has 2 rings (SSSR count). The number of hydrogen-bond acceptors (Lipinski definition) is 5. The first kappa shape index (κ1) is 22.8. The highest BCUT2D eigenvalue weighted by Crippen LogP contribution is 2.33. The van der Waals surface area contributed by atoms with E-state index < -0.39 is 29.2 Å². The lowest BCUT2D eigenvalue weighted by Crippen LogP contribution is -2.62. The fourth-order valence-electron chi connectivity index (χ4n) is 3.37. The van der Waals surface area contributed by atoms with Crippen molar-refractivity contribution in [2.75, 3.05) is 6.61 Å². The van der Waals surface area contributed by atoms with Gasteiger partial charge in [-0.05, 0) is 45.6 Å². The number of nitrogens with zero attached hydrogens (tertiary/aromatic N) is 2. The molecule has 1 heterocycles. The molecule has 6 heteroatoms. The summed E-state index contributed by atoms with van der Waals surface area (Å²) < 4.78 is 5.58. The van der Waals surface area contributed by atoms with E-state index in [1.807, 2.05) is 44.2 Å². The summed E-state index contributed by atoms with van der Waals surface area (Å²) >= 11 is 0. The monoisotopic (exact) mass is 400 g/mol. The van der Waals surface area contributed by atoms with E-state index in [0.717, 1.165) is 5.56 Å². The normalized spacial score (nSPS) is 22.9. The van der Waals surface area contributed by atoms with Crippen molar-refractivity contribution in [3.63, 3.8) is 0 Å². The van der Waals surface area contributed by atoms with Gasteiger partial charge in [0.2, 0.25) is 0 Å². The number of benzene rings is 1. The van der Waals surface area contributed by atoms with Crippen LogP contribution >= 0.6 is 0 Å². The molecule has 0 spiro atoms. The molecule has 0 saturated heterocycles. The van der Waals surface area contributed by atoms with E-state index in [1.165, 1.54) is 4.90 Å². The van der Waals surface area contributed by atoms with E-state index in [1.54, 1.807) is 39.8 Å². The number of hydrogen-bond donors (Lipinski definition) is 1. The average Bonchev–Trinajstić information content (AvgIpc) is 2.62. The number of ether oxygens (including phenoxy) is 1. The maximum absolute atomic E-state index is 13.5. The third-order valence-electron chi connectivity index (χ3n) is 4.68. The van der Waals surface area contributed by atoms with E-state index in [0.29, 0.717) is 5.71 Å². The van der Waals surface area contributed by atoms with Crippen LogP contribution in [0.1, 0.15) is 53.5 Å². The summed E-state index contributed by atoms with van der Waals surface area (Å²) in [6, 6.07) is 9.06. The molecule has 0 bridgehead atoms. The van der Waals surface area contributed by atoms with Gasteiger partial charge in [0.15, 0.2) is 0 Å². The predicted molar refractivity (Wildman–Crippen MR) is 114 cm³/mol. The molecule has 0 radical (unpaired) electrons. The lowest BCUT2D eigenvalue weighted by molar-refractivity contribution is -0.138. The number of imide groups is 1. The highest BCUT2D eigenvalue weighted by molar-refractivity contribution is 6.14. The van der Waals surface area contributed by atoms with Crippen molar-refractivity contribution in [2.45, 2.75) is 65.1 Å². The topological polar surface area (TPSA) is 79.2 Å². The van der Waals surface area contributed by atoms with Crippen molar-refractivity contribution >= 4 is 17.7 Å². The van der Waals surface area contributed by atoms with Gasteiger partial charge in [-0.25, -0.2) is 9.69 Å². The van der Waals surface area contributed by atoms with Crippen molar-refractivity contribution in [3.8, 4) is 0 Å².